The fourth-order valence-corrected chi connectivity index (χ4v) is 1.37. The van der Waals surface area contributed by atoms with Gasteiger partial charge in [-0.15, -0.1) is 0 Å². The Morgan fingerprint density at radius 1 is 1.39 bits per heavy atom. The number of ether oxygens (including phenoxy) is 1. The summed E-state index contributed by atoms with van der Waals surface area (Å²) >= 11 is 0. The van der Waals surface area contributed by atoms with E-state index < -0.39 is 17.9 Å². The number of carboxylic acids is 1. The lowest BCUT2D eigenvalue weighted by Crippen LogP contribution is -2.24. The number of halogens is 1. The third kappa shape index (κ3) is 4.71. The molecule has 0 aliphatic rings. The van der Waals surface area contributed by atoms with E-state index in [4.69, 9.17) is 9.84 Å². The highest BCUT2D eigenvalue weighted by Gasteiger charge is 2.13. The number of hydrogen-bond acceptors (Lipinski definition) is 3. The summed E-state index contributed by atoms with van der Waals surface area (Å²) in [5, 5.41) is 11.9. The molecule has 0 saturated carbocycles. The summed E-state index contributed by atoms with van der Waals surface area (Å²) in [7, 11) is 0. The maximum atomic E-state index is 13.3. The van der Waals surface area contributed by atoms with Crippen molar-refractivity contribution in [1.29, 1.82) is 0 Å². The van der Waals surface area contributed by atoms with Crippen LogP contribution in [0.4, 0.5) is 4.39 Å². The summed E-state index contributed by atoms with van der Waals surface area (Å²) < 4.78 is 18.5. The first-order chi connectivity index (χ1) is 8.38. The van der Waals surface area contributed by atoms with Crippen molar-refractivity contribution in [1.82, 2.24) is 5.32 Å². The zero-order valence-electron chi connectivity index (χ0n) is 10.7. The molecule has 0 spiro atoms. The number of nitrogens with one attached hydrogen (secondary N) is 1. The number of carboxylic acid groups (broad SMARTS) is 1. The van der Waals surface area contributed by atoms with Gasteiger partial charge in [0.1, 0.15) is 11.6 Å². The fourth-order valence-electron chi connectivity index (χ4n) is 1.37. The molecule has 5 heteroatoms. The van der Waals surface area contributed by atoms with Gasteiger partial charge in [-0.25, -0.2) is 9.18 Å². The summed E-state index contributed by atoms with van der Waals surface area (Å²) in [5.74, 6) is -1.29. The number of rotatable bonds is 6. The summed E-state index contributed by atoms with van der Waals surface area (Å²) in [6.45, 7) is 5.89. The Balaban J connectivity index is 2.77. The lowest BCUT2D eigenvalue weighted by molar-refractivity contribution is -0.144. The third-order valence-corrected chi connectivity index (χ3v) is 2.31. The van der Waals surface area contributed by atoms with E-state index >= 15 is 0 Å². The Labute approximate surface area is 106 Å². The van der Waals surface area contributed by atoms with Gasteiger partial charge in [-0.1, -0.05) is 13.8 Å². The molecule has 1 unspecified atom stereocenters. The van der Waals surface area contributed by atoms with Crippen LogP contribution >= 0.6 is 0 Å². The van der Waals surface area contributed by atoms with E-state index in [0.29, 0.717) is 6.54 Å². The number of benzene rings is 1. The first-order valence-corrected chi connectivity index (χ1v) is 5.81. The van der Waals surface area contributed by atoms with Gasteiger partial charge in [-0.3, -0.25) is 0 Å². The average molecular weight is 255 g/mol. The topological polar surface area (TPSA) is 58.6 Å². The van der Waals surface area contributed by atoms with Gasteiger partial charge in [0, 0.05) is 18.7 Å². The normalized spacial score (nSPS) is 12.5. The first-order valence-electron chi connectivity index (χ1n) is 5.81. The molecule has 1 atom stereocenters. The van der Waals surface area contributed by atoms with Crippen LogP contribution in [0.25, 0.3) is 0 Å². The van der Waals surface area contributed by atoms with Crippen molar-refractivity contribution in [3.8, 4) is 5.75 Å². The molecule has 0 aliphatic heterocycles. The van der Waals surface area contributed by atoms with Gasteiger partial charge >= 0.3 is 5.97 Å². The van der Waals surface area contributed by atoms with E-state index in [-0.39, 0.29) is 11.8 Å². The lowest BCUT2D eigenvalue weighted by Gasteiger charge is -2.13. The van der Waals surface area contributed by atoms with Crippen molar-refractivity contribution in [3.05, 3.63) is 29.6 Å². The second-order valence-corrected chi connectivity index (χ2v) is 4.43. The predicted molar refractivity (Wildman–Crippen MR) is 66.1 cm³/mol. The summed E-state index contributed by atoms with van der Waals surface area (Å²) in [6, 6.07) is 4.50. The highest BCUT2D eigenvalue weighted by atomic mass is 19.1. The number of hydrogen-bond donors (Lipinski definition) is 2. The molecule has 0 fully saturated rings. The van der Waals surface area contributed by atoms with Crippen LogP contribution in [0, 0.1) is 5.82 Å². The molecule has 2 N–H and O–H groups in total. The van der Waals surface area contributed by atoms with Crippen molar-refractivity contribution in [3.63, 3.8) is 0 Å². The Hall–Kier alpha value is -1.62. The number of aliphatic carboxylic acids is 1. The van der Waals surface area contributed by atoms with E-state index in [1.54, 1.807) is 6.07 Å². The highest BCUT2D eigenvalue weighted by Crippen LogP contribution is 2.18. The van der Waals surface area contributed by atoms with Gasteiger partial charge in [-0.2, -0.15) is 0 Å². The molecule has 0 aromatic heterocycles. The van der Waals surface area contributed by atoms with Gasteiger partial charge in [0.25, 0.3) is 0 Å². The molecule has 0 amide bonds. The molecule has 100 valence electrons. The maximum Gasteiger partial charge on any atom is 0.344 e. The van der Waals surface area contributed by atoms with Gasteiger partial charge in [0.2, 0.25) is 0 Å². The quantitative estimate of drug-likeness (QED) is 0.818. The molecular weight excluding hydrogens is 237 g/mol. The van der Waals surface area contributed by atoms with E-state index in [9.17, 15) is 9.18 Å². The van der Waals surface area contributed by atoms with Crippen LogP contribution in [0.1, 0.15) is 26.3 Å². The molecule has 1 rings (SSSR count). The smallest absolute Gasteiger partial charge is 0.344 e. The van der Waals surface area contributed by atoms with Crippen LogP contribution in [-0.2, 0) is 11.3 Å². The van der Waals surface area contributed by atoms with Crippen LogP contribution in [0.5, 0.6) is 5.75 Å². The van der Waals surface area contributed by atoms with Crippen molar-refractivity contribution >= 4 is 5.97 Å². The second-order valence-electron chi connectivity index (χ2n) is 4.43. The lowest BCUT2D eigenvalue weighted by atomic mass is 10.2. The summed E-state index contributed by atoms with van der Waals surface area (Å²) in [5.41, 5.74) is 0.719. The molecular formula is C13H18FNO3. The van der Waals surface area contributed by atoms with Crippen molar-refractivity contribution in [2.24, 2.45) is 0 Å². The van der Waals surface area contributed by atoms with Crippen LogP contribution in [-0.4, -0.2) is 23.2 Å². The van der Waals surface area contributed by atoms with Gasteiger partial charge in [0.15, 0.2) is 6.10 Å². The van der Waals surface area contributed by atoms with Crippen LogP contribution < -0.4 is 10.1 Å². The third-order valence-electron chi connectivity index (χ3n) is 2.31. The Kier molecular flexibility index (Phi) is 5.09. The first kappa shape index (κ1) is 14.4. The molecule has 0 radical (unpaired) electrons. The zero-order valence-corrected chi connectivity index (χ0v) is 10.7. The minimum atomic E-state index is -1.08. The van der Waals surface area contributed by atoms with Gasteiger partial charge in [0.05, 0.1) is 0 Å². The standard InChI is InChI=1S/C13H18FNO3/c1-8(2)15-7-10-4-11(14)6-12(5-10)18-9(3)13(16)17/h4-6,8-9,15H,7H2,1-3H3,(H,16,17). The molecule has 1 aromatic rings. The summed E-state index contributed by atoms with van der Waals surface area (Å²) in [6.07, 6.45) is -1.00. The van der Waals surface area contributed by atoms with E-state index in [1.165, 1.54) is 19.1 Å². The average Bonchev–Trinajstić information content (AvgIpc) is 2.25. The number of carbonyl (C=O) groups is 1. The maximum absolute atomic E-state index is 13.3. The molecule has 0 aliphatic carbocycles. The fraction of sp³-hybridized carbons (Fsp3) is 0.462. The minimum absolute atomic E-state index is 0.227. The van der Waals surface area contributed by atoms with Gasteiger partial charge in [-0.05, 0) is 24.6 Å². The highest BCUT2D eigenvalue weighted by molar-refractivity contribution is 5.72. The van der Waals surface area contributed by atoms with Crippen molar-refractivity contribution < 1.29 is 19.0 Å². The van der Waals surface area contributed by atoms with Gasteiger partial charge < -0.3 is 15.2 Å². The second kappa shape index (κ2) is 6.35. The largest absolute Gasteiger partial charge is 0.479 e. The minimum Gasteiger partial charge on any atom is -0.479 e. The van der Waals surface area contributed by atoms with Crippen LogP contribution in [0.3, 0.4) is 0 Å². The Bertz CT molecular complexity index is 421. The molecule has 4 nitrogen and oxygen atoms in total. The predicted octanol–water partition coefficient (Wildman–Crippen LogP) is 2.18. The molecule has 0 saturated heterocycles. The molecule has 0 bridgehead atoms. The monoisotopic (exact) mass is 255 g/mol. The van der Waals surface area contributed by atoms with Crippen molar-refractivity contribution in [2.45, 2.75) is 39.5 Å². The van der Waals surface area contributed by atoms with E-state index in [0.717, 1.165) is 5.56 Å². The molecule has 18 heavy (non-hydrogen) atoms. The summed E-state index contributed by atoms with van der Waals surface area (Å²) in [4.78, 5) is 10.7. The zero-order chi connectivity index (χ0) is 13.7. The van der Waals surface area contributed by atoms with E-state index in [2.05, 4.69) is 5.32 Å². The Morgan fingerprint density at radius 3 is 2.61 bits per heavy atom. The SMILES string of the molecule is CC(C)NCc1cc(F)cc(OC(C)C(=O)O)c1. The van der Waals surface area contributed by atoms with Crippen LogP contribution in [0.2, 0.25) is 0 Å². The van der Waals surface area contributed by atoms with Crippen LogP contribution in [0.15, 0.2) is 18.2 Å². The van der Waals surface area contributed by atoms with Crippen molar-refractivity contribution in [2.75, 3.05) is 0 Å². The molecule has 1 aromatic carbocycles. The Morgan fingerprint density at radius 2 is 2.06 bits per heavy atom. The van der Waals surface area contributed by atoms with E-state index in [1.807, 2.05) is 13.8 Å². The molecule has 0 heterocycles.